The third-order valence-corrected chi connectivity index (χ3v) is 17.2. The molecule has 102 heavy (non-hydrogen) atoms. The highest BCUT2D eigenvalue weighted by molar-refractivity contribution is 5.81. The summed E-state index contributed by atoms with van der Waals surface area (Å²) < 4.78 is 49.5. The molecule has 0 aromatic carbocycles. The van der Waals surface area contributed by atoms with E-state index in [2.05, 4.69) is 0 Å². The molecular formula is C53H84N4O45. The van der Waals surface area contributed by atoms with E-state index in [1.165, 1.54) is 0 Å². The van der Waals surface area contributed by atoms with Crippen LogP contribution in [0, 0.1) is 0 Å². The van der Waals surface area contributed by atoms with Crippen LogP contribution < -0.4 is 21.3 Å². The van der Waals surface area contributed by atoms with Gasteiger partial charge in [-0.2, -0.15) is 0 Å². The Bertz CT molecular complexity index is 2890. The van der Waals surface area contributed by atoms with E-state index in [1.807, 2.05) is 21.3 Å². The van der Waals surface area contributed by atoms with E-state index in [4.69, 9.17) is 42.6 Å². The molecule has 0 radical (unpaired) electrons. The Balaban J connectivity index is 1.57. The van der Waals surface area contributed by atoms with E-state index in [-0.39, 0.29) is 0 Å². The summed E-state index contributed by atoms with van der Waals surface area (Å²) in [4.78, 5) is 116. The third kappa shape index (κ3) is 18.8. The van der Waals surface area contributed by atoms with Gasteiger partial charge in [-0.15, -0.1) is 0 Å². The summed E-state index contributed by atoms with van der Waals surface area (Å²) in [6, 6.07) is -9.07. The monoisotopic (exact) mass is 1500 g/mol. The van der Waals surface area contributed by atoms with E-state index < -0.39 is 326 Å². The van der Waals surface area contributed by atoms with Gasteiger partial charge in [0.15, 0.2) is 0 Å². The average Bonchev–Trinajstić information content (AvgIpc) is 0.771. The highest BCUT2D eigenvalue weighted by Crippen LogP contribution is 2.43. The second-order valence-corrected chi connectivity index (χ2v) is 24.1. The third-order valence-electron chi connectivity index (χ3n) is 17.2. The van der Waals surface area contributed by atoms with Crippen molar-refractivity contribution in [2.75, 3.05) is 59.5 Å². The number of carbonyl (C=O) groups is 9. The van der Waals surface area contributed by atoms with Crippen molar-refractivity contribution in [2.24, 2.45) is 0 Å². The zero-order chi connectivity index (χ0) is 77.2. The van der Waals surface area contributed by atoms with Gasteiger partial charge in [-0.1, -0.05) is 0 Å². The highest BCUT2D eigenvalue weighted by Gasteiger charge is 2.65. The number of carboxylic acids is 5. The molecule has 5 rings (SSSR count). The summed E-state index contributed by atoms with van der Waals surface area (Å²) in [5, 5.41) is 298. The minimum Gasteiger partial charge on any atom is -0.477 e. The van der Waals surface area contributed by atoms with Crippen molar-refractivity contribution in [1.29, 1.82) is 0 Å². The molecule has 586 valence electrons. The van der Waals surface area contributed by atoms with Crippen LogP contribution in [0.5, 0.6) is 0 Å². The van der Waals surface area contributed by atoms with Gasteiger partial charge in [0.2, 0.25) is 23.6 Å². The van der Waals surface area contributed by atoms with E-state index >= 15 is 0 Å². The number of carboxylic acid groups (broad SMARTS) is 5. The van der Waals surface area contributed by atoms with Crippen LogP contribution in [0.25, 0.3) is 0 Å². The molecular weight excluding hydrogens is 1410 g/mol. The lowest BCUT2D eigenvalue weighted by molar-refractivity contribution is -0.366. The average molecular weight is 1500 g/mol. The smallest absolute Gasteiger partial charge is 0.364 e. The minimum atomic E-state index is -3.82. The standard InChI is InChI=1S/C53H84N4O45/c58-6-20(72)34(78)43-33(77)19(71)5-53(102-43,48(91)92)97-24(10-62)38(82)42-32(57-28(76)14-66)18(70)4-52(101-42,47(89)90)96-23(9-61)37(81)41-31(56-27(75)13-65)17(69)3-51(100-41,46(87)88)95-22(8-60)36(80)40-30(55-26(74)12-64)16(68)2-50(99-40,45(85)86)94-21(7-59)35(79)39-29(54-25(73)11-63)15(67)1-49(93,98-39)44(83)84/h15-24,29-43,58-72,77-82,93H,1-14H2,(H,54,73)(H,55,74)(H,56,75)(H,57,76)(H,83,84)(H,85,86)(H,87,88)(H,89,90)(H,91,92)/t15-,16-,17-,18-,19-,20+,21+,22+,23+,24+,29+,30+,31+,32+,33+,34+,35+,36+,37+,38+,39+,40+,41+,42+,43+,49+,50+,51+,52+,53+/m0/s1. The fourth-order valence-corrected chi connectivity index (χ4v) is 12.1. The van der Waals surface area contributed by atoms with Crippen molar-refractivity contribution in [1.82, 2.24) is 21.3 Å². The molecule has 5 aliphatic heterocycles. The first-order valence-electron chi connectivity index (χ1n) is 30.4. The van der Waals surface area contributed by atoms with Gasteiger partial charge in [0.05, 0.1) is 87.7 Å². The normalized spacial score (nSPS) is 37.3. The van der Waals surface area contributed by atoms with Crippen molar-refractivity contribution in [3.63, 3.8) is 0 Å². The summed E-state index contributed by atoms with van der Waals surface area (Å²) in [5.41, 5.74) is 0. The SMILES string of the molecule is O=C(CO)N[C@H]1[C@H]([C@H](O)[C@@H](CO)O[C@]2(C(=O)O)C[C@H](O)[C@@H](O)[C@H]([C@H](O)[C@H](O)CO)O2)O[C@@](O[C@H](CO)[C@@H](O)[C@@H]2O[C@@](O[C@H](CO)[C@@H](O)[C@@H]3O[C@@](O[C@H](CO)[C@@H](O)[C@@H]4O[C@@](O)(C(=O)O)C[C@H](O)[C@H]4NC(=O)CO)(C(=O)O)C[C@H](O)[C@H]3NC(=O)CO)(C(=O)O)C[C@H](O)[C@H]2NC(=O)CO)(C(=O)O)C[C@@H]1O. The van der Waals surface area contributed by atoms with Crippen LogP contribution >= 0.6 is 0 Å². The summed E-state index contributed by atoms with van der Waals surface area (Å²) in [5.74, 6) is -35.9. The predicted molar refractivity (Wildman–Crippen MR) is 305 cm³/mol. The Kier molecular flexibility index (Phi) is 30.4. The largest absolute Gasteiger partial charge is 0.477 e. The molecule has 5 heterocycles. The molecule has 0 bridgehead atoms. The number of aliphatic hydroxyl groups is 22. The number of amides is 4. The molecule has 0 saturated carbocycles. The molecule has 4 amide bonds. The number of carbonyl (C=O) groups excluding carboxylic acids is 4. The second-order valence-electron chi connectivity index (χ2n) is 24.1. The molecule has 0 unspecified atom stereocenters. The first-order chi connectivity index (χ1) is 47.6. The van der Waals surface area contributed by atoms with Crippen LogP contribution in [-0.2, 0) is 85.8 Å². The summed E-state index contributed by atoms with van der Waals surface area (Å²) in [6.07, 6.45) is -62.5. The van der Waals surface area contributed by atoms with Gasteiger partial charge in [-0.05, 0) is 0 Å². The number of hydrogen-bond acceptors (Lipinski definition) is 40. The minimum absolute atomic E-state index is 1.27. The van der Waals surface area contributed by atoms with Crippen LogP contribution in [0.4, 0.5) is 0 Å². The Hall–Kier alpha value is -6.01. The topological polar surface area (TPSA) is 831 Å². The van der Waals surface area contributed by atoms with E-state index in [0.717, 1.165) is 0 Å². The van der Waals surface area contributed by atoms with Crippen LogP contribution in [0.3, 0.4) is 0 Å². The maximum absolute atomic E-state index is 13.7. The number of aliphatic carboxylic acids is 5. The molecule has 5 fully saturated rings. The fraction of sp³-hybridized carbons (Fsp3) is 0.830. The number of rotatable bonds is 36. The summed E-state index contributed by atoms with van der Waals surface area (Å²) >= 11 is 0. The molecule has 0 aliphatic carbocycles. The lowest BCUT2D eigenvalue weighted by Gasteiger charge is -2.51. The van der Waals surface area contributed by atoms with Gasteiger partial charge < -0.3 is 202 Å². The van der Waals surface area contributed by atoms with Gasteiger partial charge in [0.25, 0.3) is 28.9 Å². The molecule has 5 aliphatic rings. The second kappa shape index (κ2) is 35.9. The van der Waals surface area contributed by atoms with Crippen LogP contribution in [0.2, 0.25) is 0 Å². The number of ether oxygens (including phenoxy) is 9. The Labute approximate surface area is 570 Å². The Morgan fingerprint density at radius 3 is 0.794 bits per heavy atom. The van der Waals surface area contributed by atoms with Crippen molar-refractivity contribution in [2.45, 2.75) is 213 Å². The van der Waals surface area contributed by atoms with Gasteiger partial charge in [-0.25, -0.2) is 24.0 Å². The zero-order valence-electron chi connectivity index (χ0n) is 52.8. The first kappa shape index (κ1) is 86.6. The van der Waals surface area contributed by atoms with E-state index in [1.54, 1.807) is 0 Å². The highest BCUT2D eigenvalue weighted by atomic mass is 16.8. The molecule has 31 N–H and O–H groups in total. The molecule has 0 aromatic rings. The van der Waals surface area contributed by atoms with Gasteiger partial charge >= 0.3 is 29.8 Å². The lowest BCUT2D eigenvalue weighted by atomic mass is 9.86. The van der Waals surface area contributed by atoms with Crippen LogP contribution in [-0.4, -0.2) is 432 Å². The Morgan fingerprint density at radius 1 is 0.333 bits per heavy atom. The van der Waals surface area contributed by atoms with E-state index in [0.29, 0.717) is 0 Å². The summed E-state index contributed by atoms with van der Waals surface area (Å²) in [7, 11) is 0. The zero-order valence-corrected chi connectivity index (χ0v) is 52.8. The van der Waals surface area contributed by atoms with Gasteiger partial charge in [0, 0.05) is 32.1 Å². The molecule has 49 nitrogen and oxygen atoms in total. The molecule has 5 saturated heterocycles. The van der Waals surface area contributed by atoms with Crippen molar-refractivity contribution < 1.29 is 224 Å². The van der Waals surface area contributed by atoms with Crippen molar-refractivity contribution in [3.8, 4) is 0 Å². The van der Waals surface area contributed by atoms with Crippen LogP contribution in [0.1, 0.15) is 32.1 Å². The number of nitrogens with one attached hydrogen (secondary N) is 4. The van der Waals surface area contributed by atoms with Crippen molar-refractivity contribution >= 4 is 53.5 Å². The van der Waals surface area contributed by atoms with Crippen molar-refractivity contribution in [3.05, 3.63) is 0 Å². The van der Waals surface area contributed by atoms with Gasteiger partial charge in [-0.3, -0.25) is 19.2 Å². The molecule has 30 atom stereocenters. The predicted octanol–water partition coefficient (Wildman–Crippen LogP) is -19.4. The maximum atomic E-state index is 13.7. The molecule has 49 heteroatoms. The quantitative estimate of drug-likeness (QED) is 0.0277. The van der Waals surface area contributed by atoms with E-state index in [9.17, 15) is 181 Å². The molecule has 0 spiro atoms. The lowest BCUT2D eigenvalue weighted by Crippen LogP contribution is -2.72. The fourth-order valence-electron chi connectivity index (χ4n) is 12.1. The first-order valence-corrected chi connectivity index (χ1v) is 30.4. The van der Waals surface area contributed by atoms with Gasteiger partial charge in [0.1, 0.15) is 124 Å². The number of hydrogen-bond donors (Lipinski definition) is 31. The van der Waals surface area contributed by atoms with Crippen LogP contribution in [0.15, 0.2) is 0 Å². The number of aliphatic hydroxyl groups excluding tert-OH is 21. The molecule has 0 aromatic heterocycles. The Morgan fingerprint density at radius 2 is 0.569 bits per heavy atom. The summed E-state index contributed by atoms with van der Waals surface area (Å²) in [6.45, 7) is -14.0. The maximum Gasteiger partial charge on any atom is 0.364 e.